The fraction of sp³-hybridized carbons (Fsp3) is 0.250. The van der Waals surface area contributed by atoms with Gasteiger partial charge in [-0.2, -0.15) is 0 Å². The van der Waals surface area contributed by atoms with Gasteiger partial charge in [-0.3, -0.25) is 4.98 Å². The molecule has 0 fully saturated rings. The summed E-state index contributed by atoms with van der Waals surface area (Å²) in [5, 5.41) is 13.4. The molecule has 0 spiro atoms. The maximum atomic E-state index is 13.4. The van der Waals surface area contributed by atoms with Crippen molar-refractivity contribution in [3.63, 3.8) is 0 Å². The number of rotatable bonds is 5. The number of benzene rings is 1. The van der Waals surface area contributed by atoms with Gasteiger partial charge in [0.15, 0.2) is 11.6 Å². The first-order chi connectivity index (χ1) is 10.5. The molecule has 1 aromatic carbocycles. The summed E-state index contributed by atoms with van der Waals surface area (Å²) in [6.45, 7) is 3.72. The lowest BCUT2D eigenvalue weighted by molar-refractivity contribution is 0.159. The van der Waals surface area contributed by atoms with Gasteiger partial charge >= 0.3 is 0 Å². The number of oxime groups is 1. The van der Waals surface area contributed by atoms with Crippen LogP contribution in [0.25, 0.3) is 0 Å². The largest absolute Gasteiger partial charge is 0.396 e. The molecule has 1 heterocycles. The van der Waals surface area contributed by atoms with E-state index in [0.29, 0.717) is 23.4 Å². The summed E-state index contributed by atoms with van der Waals surface area (Å²) in [5.41, 5.74) is 1.72. The Morgan fingerprint density at radius 1 is 1.27 bits per heavy atom. The minimum atomic E-state index is -0.970. The van der Waals surface area contributed by atoms with E-state index in [-0.39, 0.29) is 5.71 Å². The second-order valence-corrected chi connectivity index (χ2v) is 4.64. The highest BCUT2D eigenvalue weighted by Gasteiger charge is 2.13. The van der Waals surface area contributed by atoms with E-state index in [4.69, 9.17) is 4.84 Å². The van der Waals surface area contributed by atoms with Crippen molar-refractivity contribution >= 4 is 5.71 Å². The number of hydrogen-bond acceptors (Lipinski definition) is 4. The lowest BCUT2D eigenvalue weighted by atomic mass is 10.1. The third kappa shape index (κ3) is 3.65. The summed E-state index contributed by atoms with van der Waals surface area (Å²) < 4.78 is 26.5. The molecule has 0 aliphatic carbocycles. The Hall–Kier alpha value is -2.34. The van der Waals surface area contributed by atoms with Crippen LogP contribution in [0, 0.1) is 11.6 Å². The van der Waals surface area contributed by atoms with E-state index in [0.717, 1.165) is 12.1 Å². The molecule has 0 bridgehead atoms. The standard InChI is InChI=1S/C16H16F2N2O2/c1-3-22-20-16(11-4-6-13(17)14(18)8-11)15-7-5-12(9-19-15)10(2)21/h4-10,21H,3H2,1-2H3. The highest BCUT2D eigenvalue weighted by Crippen LogP contribution is 2.16. The fourth-order valence-electron chi connectivity index (χ4n) is 1.81. The zero-order valence-corrected chi connectivity index (χ0v) is 12.3. The second kappa shape index (κ2) is 7.09. The van der Waals surface area contributed by atoms with Crippen molar-refractivity contribution in [3.05, 3.63) is 65.0 Å². The summed E-state index contributed by atoms with van der Waals surface area (Å²) >= 11 is 0. The third-order valence-electron chi connectivity index (χ3n) is 2.99. The molecule has 0 saturated heterocycles. The molecule has 116 valence electrons. The summed E-state index contributed by atoms with van der Waals surface area (Å²) in [5.74, 6) is -1.90. The minimum absolute atomic E-state index is 0.290. The highest BCUT2D eigenvalue weighted by atomic mass is 19.2. The molecular formula is C16H16F2N2O2. The molecule has 6 heteroatoms. The van der Waals surface area contributed by atoms with Crippen LogP contribution in [-0.2, 0) is 4.84 Å². The van der Waals surface area contributed by atoms with Gasteiger partial charge in [0.25, 0.3) is 0 Å². The van der Waals surface area contributed by atoms with Gasteiger partial charge in [0, 0.05) is 11.8 Å². The van der Waals surface area contributed by atoms with E-state index in [2.05, 4.69) is 10.1 Å². The molecule has 0 aliphatic heterocycles. The molecule has 1 N–H and O–H groups in total. The molecule has 0 radical (unpaired) electrons. The van der Waals surface area contributed by atoms with Gasteiger partial charge in [0.05, 0.1) is 11.8 Å². The van der Waals surface area contributed by atoms with Crippen LogP contribution >= 0.6 is 0 Å². The zero-order chi connectivity index (χ0) is 16.1. The van der Waals surface area contributed by atoms with Crippen molar-refractivity contribution in [2.45, 2.75) is 20.0 Å². The molecule has 0 amide bonds. The minimum Gasteiger partial charge on any atom is -0.396 e. The summed E-state index contributed by atoms with van der Waals surface area (Å²) in [6, 6.07) is 6.80. The molecule has 22 heavy (non-hydrogen) atoms. The lowest BCUT2D eigenvalue weighted by Crippen LogP contribution is -2.08. The van der Waals surface area contributed by atoms with Gasteiger partial charge in [0.1, 0.15) is 12.3 Å². The predicted molar refractivity (Wildman–Crippen MR) is 78.5 cm³/mol. The molecule has 0 aliphatic rings. The number of hydrogen-bond donors (Lipinski definition) is 1. The Balaban J connectivity index is 2.43. The number of aromatic nitrogens is 1. The number of nitrogens with zero attached hydrogens (tertiary/aromatic N) is 2. The maximum absolute atomic E-state index is 13.4. The zero-order valence-electron chi connectivity index (χ0n) is 12.3. The van der Waals surface area contributed by atoms with Gasteiger partial charge in [-0.1, -0.05) is 11.2 Å². The first kappa shape index (κ1) is 16.0. The molecule has 4 nitrogen and oxygen atoms in total. The maximum Gasteiger partial charge on any atom is 0.159 e. The van der Waals surface area contributed by atoms with E-state index in [1.165, 1.54) is 12.3 Å². The molecular weight excluding hydrogens is 290 g/mol. The molecule has 1 aromatic heterocycles. The Labute approximate surface area is 127 Å². The number of aliphatic hydroxyl groups excluding tert-OH is 1. The highest BCUT2D eigenvalue weighted by molar-refractivity contribution is 6.11. The van der Waals surface area contributed by atoms with Crippen molar-refractivity contribution in [3.8, 4) is 0 Å². The van der Waals surface area contributed by atoms with Crippen molar-refractivity contribution in [2.24, 2.45) is 5.16 Å². The van der Waals surface area contributed by atoms with Crippen molar-refractivity contribution in [1.82, 2.24) is 4.98 Å². The summed E-state index contributed by atoms with van der Waals surface area (Å²) in [6.07, 6.45) is 0.860. The van der Waals surface area contributed by atoms with Gasteiger partial charge in [-0.25, -0.2) is 8.78 Å². The van der Waals surface area contributed by atoms with Gasteiger partial charge in [0.2, 0.25) is 0 Å². The monoisotopic (exact) mass is 306 g/mol. The number of pyridine rings is 1. The average molecular weight is 306 g/mol. The van der Waals surface area contributed by atoms with Crippen LogP contribution in [0.4, 0.5) is 8.78 Å². The van der Waals surface area contributed by atoms with Crippen LogP contribution in [0.5, 0.6) is 0 Å². The molecule has 1 atom stereocenters. The van der Waals surface area contributed by atoms with Crippen LogP contribution in [0.15, 0.2) is 41.7 Å². The molecule has 1 unspecified atom stereocenters. The van der Waals surface area contributed by atoms with Crippen LogP contribution in [0.2, 0.25) is 0 Å². The SMILES string of the molecule is CCON=C(c1ccc(F)c(F)c1)c1ccc(C(C)O)cn1. The second-order valence-electron chi connectivity index (χ2n) is 4.64. The average Bonchev–Trinajstić information content (AvgIpc) is 2.51. The van der Waals surface area contributed by atoms with E-state index in [1.54, 1.807) is 26.0 Å². The Bertz CT molecular complexity index is 670. The van der Waals surface area contributed by atoms with E-state index < -0.39 is 17.7 Å². The smallest absolute Gasteiger partial charge is 0.159 e. The molecule has 2 aromatic rings. The third-order valence-corrected chi connectivity index (χ3v) is 2.99. The first-order valence-corrected chi connectivity index (χ1v) is 6.82. The van der Waals surface area contributed by atoms with E-state index in [1.807, 2.05) is 0 Å². The fourth-order valence-corrected chi connectivity index (χ4v) is 1.81. The van der Waals surface area contributed by atoms with E-state index in [9.17, 15) is 13.9 Å². The van der Waals surface area contributed by atoms with Crippen molar-refractivity contribution < 1.29 is 18.7 Å². The Morgan fingerprint density at radius 2 is 2.05 bits per heavy atom. The van der Waals surface area contributed by atoms with Gasteiger partial charge in [-0.15, -0.1) is 0 Å². The topological polar surface area (TPSA) is 54.7 Å². The lowest BCUT2D eigenvalue weighted by Gasteiger charge is -2.09. The molecule has 0 saturated carbocycles. The van der Waals surface area contributed by atoms with Crippen LogP contribution in [-0.4, -0.2) is 22.4 Å². The van der Waals surface area contributed by atoms with E-state index >= 15 is 0 Å². The van der Waals surface area contributed by atoms with Crippen molar-refractivity contribution in [2.75, 3.05) is 6.61 Å². The summed E-state index contributed by atoms with van der Waals surface area (Å²) in [7, 11) is 0. The van der Waals surface area contributed by atoms with Crippen LogP contribution in [0.3, 0.4) is 0 Å². The molecule has 2 rings (SSSR count). The Morgan fingerprint density at radius 3 is 2.59 bits per heavy atom. The number of halogens is 2. The Kier molecular flexibility index (Phi) is 5.16. The van der Waals surface area contributed by atoms with Crippen molar-refractivity contribution in [1.29, 1.82) is 0 Å². The number of aliphatic hydroxyl groups is 1. The van der Waals surface area contributed by atoms with Crippen LogP contribution < -0.4 is 0 Å². The predicted octanol–water partition coefficient (Wildman–Crippen LogP) is 3.20. The normalized spacial score (nSPS) is 13.0. The van der Waals surface area contributed by atoms with Gasteiger partial charge in [-0.05, 0) is 43.7 Å². The van der Waals surface area contributed by atoms with Crippen LogP contribution in [0.1, 0.15) is 36.8 Å². The van der Waals surface area contributed by atoms with Gasteiger partial charge < -0.3 is 9.94 Å². The first-order valence-electron chi connectivity index (χ1n) is 6.82. The summed E-state index contributed by atoms with van der Waals surface area (Å²) in [4.78, 5) is 9.23. The quantitative estimate of drug-likeness (QED) is 0.682.